The van der Waals surface area contributed by atoms with Gasteiger partial charge in [0.1, 0.15) is 11.8 Å². The molecule has 4 unspecified atom stereocenters. The van der Waals surface area contributed by atoms with Crippen LogP contribution in [-0.2, 0) is 27.3 Å². The van der Waals surface area contributed by atoms with Gasteiger partial charge in [-0.05, 0) is 34.7 Å². The summed E-state index contributed by atoms with van der Waals surface area (Å²) in [6, 6.07) is 2.56. The van der Waals surface area contributed by atoms with Crippen molar-refractivity contribution in [3.05, 3.63) is 38.4 Å². The van der Waals surface area contributed by atoms with Crippen molar-refractivity contribution in [1.29, 1.82) is 0 Å². The van der Waals surface area contributed by atoms with Crippen LogP contribution < -0.4 is 5.32 Å². The predicted octanol–water partition coefficient (Wildman–Crippen LogP) is 5.60. The van der Waals surface area contributed by atoms with Gasteiger partial charge in [-0.25, -0.2) is 0 Å². The van der Waals surface area contributed by atoms with E-state index in [1.807, 2.05) is 0 Å². The summed E-state index contributed by atoms with van der Waals surface area (Å²) in [6.45, 7) is 16.9. The molecule has 0 bridgehead atoms. The molecule has 1 aromatic carbocycles. The fourth-order valence-electron chi connectivity index (χ4n) is 6.15. The highest BCUT2D eigenvalue weighted by atomic mass is 32.2. The van der Waals surface area contributed by atoms with Crippen molar-refractivity contribution in [2.24, 2.45) is 5.92 Å². The zero-order chi connectivity index (χ0) is 31.1. The molecule has 41 heavy (non-hydrogen) atoms. The van der Waals surface area contributed by atoms with Crippen molar-refractivity contribution in [2.75, 3.05) is 18.2 Å². The zero-order valence-corrected chi connectivity index (χ0v) is 28.0. The number of nitrogens with zero attached hydrogens (tertiary/aromatic N) is 2. The van der Waals surface area contributed by atoms with Crippen LogP contribution in [0.4, 0.5) is 17.1 Å². The lowest BCUT2D eigenvalue weighted by molar-refractivity contribution is -0.393. The molecule has 4 atom stereocenters. The molecule has 1 aromatic rings. The number of rotatable bonds is 10. The van der Waals surface area contributed by atoms with E-state index in [4.69, 9.17) is 17.2 Å². The minimum absolute atomic E-state index is 0.00382. The van der Waals surface area contributed by atoms with Crippen molar-refractivity contribution in [3.8, 4) is 0 Å². The second-order valence-corrected chi connectivity index (χ2v) is 22.7. The minimum atomic E-state index is -3.98. The van der Waals surface area contributed by atoms with Gasteiger partial charge in [0, 0.05) is 18.6 Å². The van der Waals surface area contributed by atoms with Gasteiger partial charge in [0.05, 0.1) is 34.3 Å². The third-order valence-corrected chi connectivity index (χ3v) is 19.0. The Labute approximate surface area is 244 Å². The molecule has 0 radical (unpaired) electrons. The van der Waals surface area contributed by atoms with E-state index in [1.54, 1.807) is 0 Å². The molecule has 16 heteroatoms. The van der Waals surface area contributed by atoms with E-state index in [9.17, 15) is 28.6 Å². The third kappa shape index (κ3) is 6.83. The highest BCUT2D eigenvalue weighted by Crippen LogP contribution is 2.49. The summed E-state index contributed by atoms with van der Waals surface area (Å²) in [7, 11) is -9.92. The first-order valence-electron chi connectivity index (χ1n) is 13.9. The molecular formula is C25H43N3O10SSi2. The summed E-state index contributed by atoms with van der Waals surface area (Å²) >= 11 is 0. The molecular weight excluding hydrogens is 591 g/mol. The summed E-state index contributed by atoms with van der Waals surface area (Å²) in [5.41, 5.74) is -0.681. The minimum Gasteiger partial charge on any atom is -0.414 e. The van der Waals surface area contributed by atoms with Crippen LogP contribution in [0.25, 0.3) is 0 Å². The topological polar surface area (TPSA) is 169 Å². The number of nitro benzene ring substituents is 2. The first-order chi connectivity index (χ1) is 18.8. The average Bonchev–Trinajstić information content (AvgIpc) is 3.11. The molecule has 3 rings (SSSR count). The number of fused-ring (bicyclic) bond motifs is 1. The molecule has 232 valence electrons. The molecule has 1 saturated carbocycles. The van der Waals surface area contributed by atoms with Crippen LogP contribution in [-0.4, -0.2) is 66.5 Å². The summed E-state index contributed by atoms with van der Waals surface area (Å²) in [4.78, 5) is 21.6. The fraction of sp³-hybridized carbons (Fsp3) is 0.760. The van der Waals surface area contributed by atoms with Gasteiger partial charge in [-0.15, -0.1) is 0 Å². The number of hydrogen-bond donors (Lipinski definition) is 1. The van der Waals surface area contributed by atoms with Crippen molar-refractivity contribution in [1.82, 2.24) is 0 Å². The number of nitro groups is 2. The Hall–Kier alpha value is -1.96. The van der Waals surface area contributed by atoms with E-state index in [1.165, 1.54) is 6.07 Å². The second kappa shape index (κ2) is 12.3. The lowest BCUT2D eigenvalue weighted by atomic mass is 10.1. The SMILES string of the molecule is CC(C)[Si]1(C(C)C)OCC2CC(Nc3ccc([N+](=O)[O-])cc3[N+](=O)[O-])C(OS(C)(=O)=O)C2O[Si](C(C)C)(C(C)C)O1. The maximum absolute atomic E-state index is 12.5. The molecule has 1 aliphatic carbocycles. The number of nitrogens with one attached hydrogen (secondary N) is 1. The second-order valence-electron chi connectivity index (χ2n) is 12.3. The van der Waals surface area contributed by atoms with Gasteiger partial charge in [-0.3, -0.25) is 24.4 Å². The van der Waals surface area contributed by atoms with E-state index in [0.29, 0.717) is 6.42 Å². The Balaban J connectivity index is 2.14. The van der Waals surface area contributed by atoms with Crippen molar-refractivity contribution in [2.45, 2.75) is 102 Å². The lowest BCUT2D eigenvalue weighted by Crippen LogP contribution is -2.65. The maximum Gasteiger partial charge on any atom is 0.335 e. The molecule has 0 spiro atoms. The third-order valence-electron chi connectivity index (χ3n) is 8.14. The highest BCUT2D eigenvalue weighted by molar-refractivity contribution is 7.86. The van der Waals surface area contributed by atoms with Gasteiger partial charge in [0.25, 0.3) is 21.5 Å². The first-order valence-corrected chi connectivity index (χ1v) is 19.7. The van der Waals surface area contributed by atoms with Crippen molar-refractivity contribution >= 4 is 44.3 Å². The number of non-ortho nitro benzene ring substituents is 1. The van der Waals surface area contributed by atoms with E-state index in [-0.39, 0.29) is 40.4 Å². The standard InChI is InChI=1S/C25H43N3O10SSi2/c1-15(2)40(16(3)4)35-14-19-12-22(26-21-11-10-20(27(29)30)13-23(21)28(31)32)25(36-39(9,33)34)24(19)37-41(38-40,17(5)6)18(7)8/h10-11,13,15-19,22,24-26H,12,14H2,1-9H3. The number of anilines is 1. The van der Waals surface area contributed by atoms with E-state index < -0.39 is 66.7 Å². The van der Waals surface area contributed by atoms with E-state index in [0.717, 1.165) is 18.4 Å². The first kappa shape index (κ1) is 33.5. The van der Waals surface area contributed by atoms with Crippen LogP contribution in [0.5, 0.6) is 0 Å². The van der Waals surface area contributed by atoms with E-state index in [2.05, 4.69) is 60.7 Å². The predicted molar refractivity (Wildman–Crippen MR) is 159 cm³/mol. The van der Waals surface area contributed by atoms with Crippen LogP contribution in [0, 0.1) is 26.1 Å². The van der Waals surface area contributed by atoms with Gasteiger partial charge in [-0.2, -0.15) is 8.42 Å². The summed E-state index contributed by atoms with van der Waals surface area (Å²) in [5.74, 6) is -0.297. The summed E-state index contributed by atoms with van der Waals surface area (Å²) in [5, 5.41) is 26.1. The largest absolute Gasteiger partial charge is 0.414 e. The molecule has 2 fully saturated rings. The summed E-state index contributed by atoms with van der Waals surface area (Å²) < 4.78 is 51.7. The lowest BCUT2D eigenvalue weighted by Gasteiger charge is -2.51. The van der Waals surface area contributed by atoms with Crippen molar-refractivity contribution in [3.63, 3.8) is 0 Å². The van der Waals surface area contributed by atoms with Gasteiger partial charge in [-0.1, -0.05) is 55.4 Å². The zero-order valence-electron chi connectivity index (χ0n) is 25.2. The summed E-state index contributed by atoms with van der Waals surface area (Å²) in [6.07, 6.45) is -0.497. The average molecular weight is 634 g/mol. The van der Waals surface area contributed by atoms with Crippen LogP contribution in [0.3, 0.4) is 0 Å². The molecule has 1 aliphatic heterocycles. The molecule has 1 saturated heterocycles. The Kier molecular flexibility index (Phi) is 10.1. The van der Waals surface area contributed by atoms with Gasteiger partial charge in [0.2, 0.25) is 0 Å². The molecule has 1 N–H and O–H groups in total. The van der Waals surface area contributed by atoms with Gasteiger partial charge < -0.3 is 18.3 Å². The van der Waals surface area contributed by atoms with Gasteiger partial charge in [0.15, 0.2) is 0 Å². The Morgan fingerprint density at radius 1 is 0.951 bits per heavy atom. The van der Waals surface area contributed by atoms with Crippen LogP contribution in [0.2, 0.25) is 22.2 Å². The number of hydrogen-bond acceptors (Lipinski definition) is 11. The quantitative estimate of drug-likeness (QED) is 0.147. The number of benzene rings is 1. The van der Waals surface area contributed by atoms with Crippen LogP contribution >= 0.6 is 0 Å². The smallest absolute Gasteiger partial charge is 0.335 e. The normalized spacial score (nSPS) is 26.2. The monoisotopic (exact) mass is 633 g/mol. The molecule has 0 aromatic heterocycles. The molecule has 0 amide bonds. The Morgan fingerprint density at radius 3 is 1.98 bits per heavy atom. The van der Waals surface area contributed by atoms with Crippen LogP contribution in [0.1, 0.15) is 61.8 Å². The fourth-order valence-corrected chi connectivity index (χ4v) is 18.1. The van der Waals surface area contributed by atoms with E-state index >= 15 is 0 Å². The molecule has 13 nitrogen and oxygen atoms in total. The Morgan fingerprint density at radius 2 is 1.51 bits per heavy atom. The molecule has 1 heterocycles. The van der Waals surface area contributed by atoms with Crippen LogP contribution in [0.15, 0.2) is 18.2 Å². The highest BCUT2D eigenvalue weighted by Gasteiger charge is 2.61. The molecule has 2 aliphatic rings. The maximum atomic E-state index is 12.5. The van der Waals surface area contributed by atoms with Crippen molar-refractivity contribution < 1.29 is 35.4 Å². The van der Waals surface area contributed by atoms with Gasteiger partial charge >= 0.3 is 17.1 Å². The Bertz CT molecular complexity index is 1230.